The van der Waals surface area contributed by atoms with Gasteiger partial charge in [-0.1, -0.05) is 20.8 Å². The van der Waals surface area contributed by atoms with Crippen LogP contribution in [-0.2, 0) is 4.79 Å². The van der Waals surface area contributed by atoms with Crippen LogP contribution in [0.15, 0.2) is 0 Å². The van der Waals surface area contributed by atoms with Crippen molar-refractivity contribution in [3.8, 4) is 0 Å². The lowest BCUT2D eigenvalue weighted by Crippen LogP contribution is -2.37. The summed E-state index contributed by atoms with van der Waals surface area (Å²) in [6.45, 7) is 9.28. The predicted molar refractivity (Wildman–Crippen MR) is 81.7 cm³/mol. The Bertz CT molecular complexity index is 322. The second-order valence-electron chi connectivity index (χ2n) is 8.11. The summed E-state index contributed by atoms with van der Waals surface area (Å²) in [6, 6.07) is 0. The van der Waals surface area contributed by atoms with Crippen LogP contribution in [0.4, 0.5) is 0 Å². The molecule has 0 aliphatic heterocycles. The van der Waals surface area contributed by atoms with Crippen LogP contribution in [0.3, 0.4) is 0 Å². The molecule has 1 N–H and O–H groups in total. The summed E-state index contributed by atoms with van der Waals surface area (Å²) in [7, 11) is 0. The van der Waals surface area contributed by atoms with Crippen LogP contribution in [-0.4, -0.2) is 35.6 Å². The van der Waals surface area contributed by atoms with Crippen LogP contribution < -0.4 is 0 Å². The molecule has 116 valence electrons. The number of hydrogen-bond donors (Lipinski definition) is 1. The van der Waals surface area contributed by atoms with E-state index in [2.05, 4.69) is 25.7 Å². The lowest BCUT2D eigenvalue weighted by molar-refractivity contribution is -0.138. The van der Waals surface area contributed by atoms with Gasteiger partial charge in [-0.05, 0) is 61.7 Å². The van der Waals surface area contributed by atoms with Gasteiger partial charge in [-0.25, -0.2) is 0 Å². The molecule has 3 heteroatoms. The molecule has 2 aliphatic rings. The lowest BCUT2D eigenvalue weighted by atomic mass is 9.70. The molecule has 2 aliphatic carbocycles. The van der Waals surface area contributed by atoms with Gasteiger partial charge in [0.25, 0.3) is 0 Å². The van der Waals surface area contributed by atoms with Crippen molar-refractivity contribution in [1.29, 1.82) is 0 Å². The minimum Gasteiger partial charge on any atom is -0.480 e. The van der Waals surface area contributed by atoms with Crippen LogP contribution in [0.2, 0.25) is 0 Å². The summed E-state index contributed by atoms with van der Waals surface area (Å²) in [5.74, 6) is 1.66. The Morgan fingerprint density at radius 1 is 1.00 bits per heavy atom. The molecular formula is C17H31NO2. The second-order valence-corrected chi connectivity index (χ2v) is 8.11. The first-order valence-electron chi connectivity index (χ1n) is 8.28. The van der Waals surface area contributed by atoms with E-state index in [0.717, 1.165) is 24.9 Å². The van der Waals surface area contributed by atoms with Gasteiger partial charge in [-0.2, -0.15) is 0 Å². The molecule has 0 bridgehead atoms. The third-order valence-corrected chi connectivity index (χ3v) is 5.16. The molecular weight excluding hydrogens is 250 g/mol. The van der Waals surface area contributed by atoms with Gasteiger partial charge in [-0.3, -0.25) is 9.69 Å². The first kappa shape index (κ1) is 15.8. The zero-order chi connectivity index (χ0) is 14.8. The fourth-order valence-corrected chi connectivity index (χ4v) is 3.64. The quantitative estimate of drug-likeness (QED) is 0.808. The fraction of sp³-hybridized carbons (Fsp3) is 0.941. The molecule has 0 radical (unpaired) electrons. The molecule has 20 heavy (non-hydrogen) atoms. The average Bonchev–Trinajstić information content (AvgIpc) is 3.11. The maximum absolute atomic E-state index is 11.0. The number of hydrogen-bond acceptors (Lipinski definition) is 2. The highest BCUT2D eigenvalue weighted by Crippen LogP contribution is 2.40. The van der Waals surface area contributed by atoms with Gasteiger partial charge < -0.3 is 5.11 Å². The van der Waals surface area contributed by atoms with Crippen molar-refractivity contribution in [3.05, 3.63) is 0 Å². The van der Waals surface area contributed by atoms with Gasteiger partial charge >= 0.3 is 5.97 Å². The average molecular weight is 281 g/mol. The number of carboxylic acids is 1. The molecule has 2 rings (SSSR count). The van der Waals surface area contributed by atoms with E-state index in [1.807, 2.05) is 0 Å². The molecule has 0 amide bonds. The molecule has 0 atom stereocenters. The lowest BCUT2D eigenvalue weighted by Gasteiger charge is -2.38. The zero-order valence-electron chi connectivity index (χ0n) is 13.4. The van der Waals surface area contributed by atoms with Gasteiger partial charge in [-0.15, -0.1) is 0 Å². The highest BCUT2D eigenvalue weighted by atomic mass is 16.4. The van der Waals surface area contributed by atoms with E-state index in [-0.39, 0.29) is 6.54 Å². The maximum atomic E-state index is 11.0. The fourth-order valence-electron chi connectivity index (χ4n) is 3.64. The summed E-state index contributed by atoms with van der Waals surface area (Å²) in [6.07, 6.45) is 7.79. The van der Waals surface area contributed by atoms with Crippen LogP contribution in [0.1, 0.15) is 59.3 Å². The minimum absolute atomic E-state index is 0.232. The van der Waals surface area contributed by atoms with Crippen molar-refractivity contribution in [2.24, 2.45) is 23.2 Å². The Morgan fingerprint density at radius 3 is 1.80 bits per heavy atom. The largest absolute Gasteiger partial charge is 0.480 e. The Morgan fingerprint density at radius 2 is 1.45 bits per heavy atom. The minimum atomic E-state index is -0.672. The van der Waals surface area contributed by atoms with E-state index in [1.54, 1.807) is 0 Å². The predicted octanol–water partition coefficient (Wildman–Crippen LogP) is 3.64. The summed E-state index contributed by atoms with van der Waals surface area (Å²) >= 11 is 0. The third-order valence-electron chi connectivity index (χ3n) is 5.16. The standard InChI is InChI=1S/C17H31NO2/c1-17(2,3)15-8-6-14(7-9-15)11-18(12-16(19)20)10-13-4-5-13/h13-15H,4-12H2,1-3H3,(H,19,20). The first-order chi connectivity index (χ1) is 9.34. The number of aliphatic carboxylic acids is 1. The van der Waals surface area contributed by atoms with Gasteiger partial charge in [0.1, 0.15) is 0 Å². The molecule has 2 fully saturated rings. The Balaban J connectivity index is 1.78. The van der Waals surface area contributed by atoms with Gasteiger partial charge in [0.2, 0.25) is 0 Å². The molecule has 0 aromatic carbocycles. The van der Waals surface area contributed by atoms with Crippen molar-refractivity contribution in [3.63, 3.8) is 0 Å². The molecule has 3 nitrogen and oxygen atoms in total. The van der Waals surface area contributed by atoms with Gasteiger partial charge in [0.05, 0.1) is 6.54 Å². The monoisotopic (exact) mass is 281 g/mol. The molecule has 0 saturated heterocycles. The van der Waals surface area contributed by atoms with Crippen molar-refractivity contribution < 1.29 is 9.90 Å². The zero-order valence-corrected chi connectivity index (χ0v) is 13.4. The molecule has 0 heterocycles. The third kappa shape index (κ3) is 5.08. The molecule has 0 spiro atoms. The maximum Gasteiger partial charge on any atom is 0.317 e. The Labute approximate surface area is 123 Å². The molecule has 0 aromatic heterocycles. The number of carboxylic acid groups (broad SMARTS) is 1. The van der Waals surface area contributed by atoms with Gasteiger partial charge in [0, 0.05) is 13.1 Å². The molecule has 2 saturated carbocycles. The van der Waals surface area contributed by atoms with Crippen LogP contribution in [0, 0.1) is 23.2 Å². The summed E-state index contributed by atoms with van der Waals surface area (Å²) in [5.41, 5.74) is 0.430. The molecule has 0 aromatic rings. The van der Waals surface area contributed by atoms with Gasteiger partial charge in [0.15, 0.2) is 0 Å². The highest BCUT2D eigenvalue weighted by Gasteiger charge is 2.31. The van der Waals surface area contributed by atoms with Crippen LogP contribution >= 0.6 is 0 Å². The summed E-state index contributed by atoms with van der Waals surface area (Å²) in [4.78, 5) is 13.2. The van der Waals surface area contributed by atoms with Crippen LogP contribution in [0.5, 0.6) is 0 Å². The van der Waals surface area contributed by atoms with E-state index in [0.29, 0.717) is 11.3 Å². The van der Waals surface area contributed by atoms with E-state index < -0.39 is 5.97 Å². The Kier molecular flexibility index (Phi) is 5.11. The number of nitrogens with zero attached hydrogens (tertiary/aromatic N) is 1. The van der Waals surface area contributed by atoms with E-state index >= 15 is 0 Å². The van der Waals surface area contributed by atoms with E-state index in [9.17, 15) is 4.79 Å². The summed E-state index contributed by atoms with van der Waals surface area (Å²) in [5, 5.41) is 9.05. The van der Waals surface area contributed by atoms with Crippen molar-refractivity contribution in [2.75, 3.05) is 19.6 Å². The normalized spacial score (nSPS) is 27.8. The number of rotatable bonds is 6. The molecule has 0 unspecified atom stereocenters. The van der Waals surface area contributed by atoms with Crippen LogP contribution in [0.25, 0.3) is 0 Å². The van der Waals surface area contributed by atoms with E-state index in [4.69, 9.17) is 5.11 Å². The summed E-state index contributed by atoms with van der Waals surface area (Å²) < 4.78 is 0. The van der Waals surface area contributed by atoms with Crippen molar-refractivity contribution >= 4 is 5.97 Å². The second kappa shape index (κ2) is 6.46. The van der Waals surface area contributed by atoms with E-state index in [1.165, 1.54) is 38.5 Å². The topological polar surface area (TPSA) is 40.5 Å². The van der Waals surface area contributed by atoms with Crippen molar-refractivity contribution in [1.82, 2.24) is 4.90 Å². The highest BCUT2D eigenvalue weighted by molar-refractivity contribution is 5.69. The number of carbonyl (C=O) groups is 1. The SMILES string of the molecule is CC(C)(C)C1CCC(CN(CC(=O)O)CC2CC2)CC1. The van der Waals surface area contributed by atoms with Crippen molar-refractivity contribution in [2.45, 2.75) is 59.3 Å². The smallest absolute Gasteiger partial charge is 0.317 e. The first-order valence-corrected chi connectivity index (χ1v) is 8.28. The Hall–Kier alpha value is -0.570.